The Labute approximate surface area is 194 Å². The molecular weight excluding hydrogens is 460 g/mol. The quantitative estimate of drug-likeness (QED) is 0.287. The van der Waals surface area contributed by atoms with Crippen LogP contribution in [0.4, 0.5) is 0 Å². The Morgan fingerprint density at radius 2 is 1.24 bits per heavy atom. The molecule has 0 radical (unpaired) electrons. The average molecular weight is 485 g/mol. The van der Waals surface area contributed by atoms with Crippen molar-refractivity contribution in [2.24, 2.45) is 0 Å². The van der Waals surface area contributed by atoms with E-state index in [1.54, 1.807) is 52.0 Å². The average Bonchev–Trinajstić information content (AvgIpc) is 2.76. The lowest BCUT2D eigenvalue weighted by molar-refractivity contribution is -0.129. The maximum atomic E-state index is 13.6. The number of sulfone groups is 2. The largest absolute Gasteiger partial charge is 0.422 e. The van der Waals surface area contributed by atoms with Gasteiger partial charge < -0.3 is 4.74 Å². The zero-order valence-electron chi connectivity index (χ0n) is 18.7. The SMILES string of the molecule is C=CC(=O)Oc1ccc(S(=O)(=O)c2cc(C)ccc2C)cc1S(=O)(=O)c1cc(C)ccc1C. The van der Waals surface area contributed by atoms with Crippen LogP contribution in [0.3, 0.4) is 0 Å². The lowest BCUT2D eigenvalue weighted by atomic mass is 10.2. The van der Waals surface area contributed by atoms with E-state index in [4.69, 9.17) is 4.74 Å². The summed E-state index contributed by atoms with van der Waals surface area (Å²) in [6, 6.07) is 13.4. The molecule has 0 heterocycles. The molecule has 6 nitrogen and oxygen atoms in total. The standard InChI is InChI=1S/C25H24O6S2/c1-6-25(26)31-21-12-11-20(32(27,28)22-13-16(2)7-9-18(22)4)15-24(21)33(29,30)23-14-17(3)8-10-19(23)5/h6-15H,1H2,2-5H3. The van der Waals surface area contributed by atoms with Gasteiger partial charge in [-0.25, -0.2) is 21.6 Å². The molecule has 0 aliphatic carbocycles. The van der Waals surface area contributed by atoms with Gasteiger partial charge in [-0.3, -0.25) is 0 Å². The summed E-state index contributed by atoms with van der Waals surface area (Å²) in [5, 5.41) is 0. The third-order valence-electron chi connectivity index (χ3n) is 5.16. The Morgan fingerprint density at radius 3 is 1.76 bits per heavy atom. The first kappa shape index (κ1) is 24.4. The van der Waals surface area contributed by atoms with Crippen LogP contribution in [0.5, 0.6) is 5.75 Å². The molecule has 0 spiro atoms. The smallest absolute Gasteiger partial charge is 0.335 e. The van der Waals surface area contributed by atoms with Crippen molar-refractivity contribution >= 4 is 25.6 Å². The normalized spacial score (nSPS) is 11.8. The zero-order valence-corrected chi connectivity index (χ0v) is 20.4. The molecular formula is C25H24O6S2. The van der Waals surface area contributed by atoms with Crippen LogP contribution >= 0.6 is 0 Å². The Bertz CT molecular complexity index is 1480. The maximum Gasteiger partial charge on any atom is 0.335 e. The lowest BCUT2D eigenvalue weighted by Gasteiger charge is -2.15. The van der Waals surface area contributed by atoms with E-state index < -0.39 is 30.5 Å². The highest BCUT2D eigenvalue weighted by Crippen LogP contribution is 2.35. The molecule has 0 aromatic heterocycles. The van der Waals surface area contributed by atoms with E-state index in [1.807, 2.05) is 0 Å². The summed E-state index contributed by atoms with van der Waals surface area (Å²) in [5.41, 5.74) is 2.47. The van der Waals surface area contributed by atoms with Crippen LogP contribution in [-0.2, 0) is 24.5 Å². The number of esters is 1. The zero-order chi connectivity index (χ0) is 24.6. The number of carbonyl (C=O) groups is 1. The number of hydrogen-bond acceptors (Lipinski definition) is 6. The molecule has 3 aromatic carbocycles. The summed E-state index contributed by atoms with van der Waals surface area (Å²) in [6.07, 6.45) is 0.898. The highest BCUT2D eigenvalue weighted by Gasteiger charge is 2.29. The molecule has 0 saturated heterocycles. The van der Waals surface area contributed by atoms with Crippen molar-refractivity contribution in [2.75, 3.05) is 0 Å². The summed E-state index contributed by atoms with van der Waals surface area (Å²) in [6.45, 7) is 10.2. The summed E-state index contributed by atoms with van der Waals surface area (Å²) in [5.74, 6) is -1.14. The van der Waals surface area contributed by atoms with Gasteiger partial charge in [-0.05, 0) is 80.3 Å². The van der Waals surface area contributed by atoms with Gasteiger partial charge in [0, 0.05) is 6.08 Å². The summed E-state index contributed by atoms with van der Waals surface area (Å²) >= 11 is 0. The van der Waals surface area contributed by atoms with E-state index in [9.17, 15) is 21.6 Å². The Hall–Kier alpha value is -3.23. The molecule has 0 unspecified atom stereocenters. The molecule has 0 N–H and O–H groups in total. The van der Waals surface area contributed by atoms with Crippen LogP contribution < -0.4 is 4.74 Å². The van der Waals surface area contributed by atoms with E-state index in [0.29, 0.717) is 16.7 Å². The van der Waals surface area contributed by atoms with E-state index in [1.165, 1.54) is 24.3 Å². The van der Waals surface area contributed by atoms with Crippen molar-refractivity contribution < 1.29 is 26.4 Å². The number of benzene rings is 3. The minimum absolute atomic E-state index is 0.000291. The fraction of sp³-hybridized carbons (Fsp3) is 0.160. The van der Waals surface area contributed by atoms with Gasteiger partial charge in [0.1, 0.15) is 10.6 Å². The van der Waals surface area contributed by atoms with E-state index in [2.05, 4.69) is 6.58 Å². The van der Waals surface area contributed by atoms with Crippen molar-refractivity contribution in [3.05, 3.63) is 89.5 Å². The van der Waals surface area contributed by atoms with Crippen molar-refractivity contribution in [3.63, 3.8) is 0 Å². The number of carbonyl (C=O) groups excluding carboxylic acids is 1. The van der Waals surface area contributed by atoms with Crippen LogP contribution in [0.25, 0.3) is 0 Å². The fourth-order valence-corrected chi connectivity index (χ4v) is 6.75. The predicted molar refractivity (Wildman–Crippen MR) is 125 cm³/mol. The second-order valence-electron chi connectivity index (χ2n) is 7.78. The number of hydrogen-bond donors (Lipinski definition) is 0. The van der Waals surface area contributed by atoms with Gasteiger partial charge in [0.25, 0.3) is 0 Å². The first-order chi connectivity index (χ1) is 15.4. The topological polar surface area (TPSA) is 94.6 Å². The minimum atomic E-state index is -4.24. The molecule has 0 aliphatic rings. The molecule has 0 saturated carbocycles. The molecule has 0 aliphatic heterocycles. The molecule has 8 heteroatoms. The maximum absolute atomic E-state index is 13.6. The second kappa shape index (κ2) is 8.96. The molecule has 172 valence electrons. The Kier molecular flexibility index (Phi) is 6.63. The third-order valence-corrected chi connectivity index (χ3v) is 8.97. The van der Waals surface area contributed by atoms with E-state index >= 15 is 0 Å². The number of ether oxygens (including phenoxy) is 1. The fourth-order valence-electron chi connectivity index (χ4n) is 3.34. The molecule has 0 amide bonds. The number of aryl methyl sites for hydroxylation is 4. The van der Waals surface area contributed by atoms with Crippen LogP contribution in [0.15, 0.2) is 86.8 Å². The van der Waals surface area contributed by atoms with Gasteiger partial charge in [0.15, 0.2) is 0 Å². The van der Waals surface area contributed by atoms with E-state index in [0.717, 1.165) is 17.7 Å². The molecule has 33 heavy (non-hydrogen) atoms. The first-order valence-corrected chi connectivity index (χ1v) is 13.0. The van der Waals surface area contributed by atoms with Gasteiger partial charge in [-0.15, -0.1) is 0 Å². The van der Waals surface area contributed by atoms with Crippen LogP contribution in [-0.4, -0.2) is 22.8 Å². The van der Waals surface area contributed by atoms with Crippen molar-refractivity contribution in [2.45, 2.75) is 47.3 Å². The molecule has 0 bridgehead atoms. The van der Waals surface area contributed by atoms with Crippen molar-refractivity contribution in [3.8, 4) is 5.75 Å². The lowest BCUT2D eigenvalue weighted by Crippen LogP contribution is -2.12. The van der Waals surface area contributed by atoms with Crippen LogP contribution in [0.2, 0.25) is 0 Å². The minimum Gasteiger partial charge on any atom is -0.422 e. The van der Waals surface area contributed by atoms with Crippen LogP contribution in [0.1, 0.15) is 22.3 Å². The molecule has 3 aromatic rings. The summed E-state index contributed by atoms with van der Waals surface area (Å²) in [7, 11) is -8.29. The summed E-state index contributed by atoms with van der Waals surface area (Å²) < 4.78 is 59.2. The van der Waals surface area contributed by atoms with Crippen molar-refractivity contribution in [1.29, 1.82) is 0 Å². The summed E-state index contributed by atoms with van der Waals surface area (Å²) in [4.78, 5) is 11.3. The van der Waals surface area contributed by atoms with Gasteiger partial charge in [-0.2, -0.15) is 0 Å². The molecule has 0 atom stereocenters. The Morgan fingerprint density at radius 1 is 0.727 bits per heavy atom. The first-order valence-electron chi connectivity index (χ1n) is 10.0. The van der Waals surface area contributed by atoms with Crippen LogP contribution in [0, 0.1) is 27.7 Å². The van der Waals surface area contributed by atoms with Gasteiger partial charge in [-0.1, -0.05) is 30.8 Å². The monoisotopic (exact) mass is 484 g/mol. The number of rotatable bonds is 6. The molecule has 0 fully saturated rings. The third kappa shape index (κ3) is 4.77. The highest BCUT2D eigenvalue weighted by molar-refractivity contribution is 7.92. The highest BCUT2D eigenvalue weighted by atomic mass is 32.2. The van der Waals surface area contributed by atoms with Gasteiger partial charge in [0.05, 0.1) is 14.7 Å². The van der Waals surface area contributed by atoms with E-state index in [-0.39, 0.29) is 20.4 Å². The van der Waals surface area contributed by atoms with Gasteiger partial charge in [0.2, 0.25) is 19.7 Å². The van der Waals surface area contributed by atoms with Crippen molar-refractivity contribution in [1.82, 2.24) is 0 Å². The molecule has 3 rings (SSSR count). The Balaban J connectivity index is 2.31. The van der Waals surface area contributed by atoms with Gasteiger partial charge >= 0.3 is 5.97 Å². The predicted octanol–water partition coefficient (Wildman–Crippen LogP) is 4.68. The second-order valence-corrected chi connectivity index (χ2v) is 11.6.